The van der Waals surface area contributed by atoms with Crippen molar-refractivity contribution in [2.24, 2.45) is 5.73 Å². The second kappa shape index (κ2) is 10.9. The van der Waals surface area contributed by atoms with Crippen molar-refractivity contribution in [2.45, 2.75) is 19.8 Å². The maximum atomic E-state index is 11.8. The fraction of sp³-hybridized carbons (Fsp3) is 0.909. The van der Waals surface area contributed by atoms with Crippen LogP contribution in [0.1, 0.15) is 19.8 Å². The van der Waals surface area contributed by atoms with E-state index in [1.165, 1.54) is 0 Å². The fourth-order valence-corrected chi connectivity index (χ4v) is 1.31. The Bertz CT molecular complexity index is 169. The van der Waals surface area contributed by atoms with E-state index in [9.17, 15) is 4.79 Å². The van der Waals surface area contributed by atoms with Crippen LogP contribution in [0, 0.1) is 0 Å². The van der Waals surface area contributed by atoms with Gasteiger partial charge in [-0.1, -0.05) is 0 Å². The lowest BCUT2D eigenvalue weighted by molar-refractivity contribution is -0.133. The minimum Gasteiger partial charge on any atom is -0.383 e. The Labute approximate surface area is 97.9 Å². The Morgan fingerprint density at radius 1 is 1.31 bits per heavy atom. The normalized spacial score (nSPS) is 10.4. The predicted molar refractivity (Wildman–Crippen MR) is 63.2 cm³/mol. The van der Waals surface area contributed by atoms with Crippen LogP contribution in [0.25, 0.3) is 0 Å². The van der Waals surface area contributed by atoms with Gasteiger partial charge in [0.2, 0.25) is 5.91 Å². The molecule has 0 aromatic heterocycles. The Morgan fingerprint density at radius 3 is 2.62 bits per heavy atom. The Kier molecular flexibility index (Phi) is 10.4. The Hall–Kier alpha value is -0.650. The molecule has 0 saturated carbocycles. The summed E-state index contributed by atoms with van der Waals surface area (Å²) >= 11 is 0. The molecule has 0 saturated heterocycles. The molecule has 0 aromatic rings. The number of carbonyl (C=O) groups excluding carboxylic acids is 1. The van der Waals surface area contributed by atoms with Crippen LogP contribution in [0.4, 0.5) is 0 Å². The first-order valence-electron chi connectivity index (χ1n) is 5.80. The molecule has 0 aliphatic carbocycles. The molecular weight excluding hydrogens is 208 g/mol. The van der Waals surface area contributed by atoms with Gasteiger partial charge < -0.3 is 20.1 Å². The van der Waals surface area contributed by atoms with Gasteiger partial charge in [-0.05, 0) is 19.9 Å². The molecule has 0 atom stereocenters. The molecule has 0 aliphatic heterocycles. The van der Waals surface area contributed by atoms with E-state index >= 15 is 0 Å². The van der Waals surface area contributed by atoms with Gasteiger partial charge in [0.05, 0.1) is 19.6 Å². The molecule has 0 radical (unpaired) electrons. The topological polar surface area (TPSA) is 64.8 Å². The van der Waals surface area contributed by atoms with Crippen molar-refractivity contribution in [3.05, 3.63) is 0 Å². The van der Waals surface area contributed by atoms with Crippen LogP contribution in [-0.4, -0.2) is 57.4 Å². The lowest BCUT2D eigenvalue weighted by atomic mass is 10.3. The van der Waals surface area contributed by atoms with E-state index in [2.05, 4.69) is 0 Å². The minimum atomic E-state index is 0.110. The summed E-state index contributed by atoms with van der Waals surface area (Å²) < 4.78 is 10.1. The minimum absolute atomic E-state index is 0.110. The summed E-state index contributed by atoms with van der Waals surface area (Å²) in [5, 5.41) is 0. The zero-order valence-corrected chi connectivity index (χ0v) is 10.4. The molecule has 16 heavy (non-hydrogen) atoms. The van der Waals surface area contributed by atoms with Crippen molar-refractivity contribution in [2.75, 3.05) is 46.6 Å². The molecule has 0 rings (SSSR count). The number of hydrogen-bond acceptors (Lipinski definition) is 4. The summed E-state index contributed by atoms with van der Waals surface area (Å²) in [6, 6.07) is 0. The van der Waals surface area contributed by atoms with Gasteiger partial charge in [-0.3, -0.25) is 4.79 Å². The van der Waals surface area contributed by atoms with Crippen LogP contribution in [-0.2, 0) is 14.3 Å². The van der Waals surface area contributed by atoms with E-state index < -0.39 is 0 Å². The van der Waals surface area contributed by atoms with Crippen molar-refractivity contribution in [1.82, 2.24) is 4.90 Å². The van der Waals surface area contributed by atoms with E-state index in [1.807, 2.05) is 6.92 Å². The molecule has 0 bridgehead atoms. The third-order valence-corrected chi connectivity index (χ3v) is 2.21. The molecular formula is C11H24N2O3. The summed E-state index contributed by atoms with van der Waals surface area (Å²) in [5.74, 6) is 0.110. The molecule has 5 heteroatoms. The van der Waals surface area contributed by atoms with Crippen molar-refractivity contribution in [3.63, 3.8) is 0 Å². The maximum absolute atomic E-state index is 11.8. The number of rotatable bonds is 10. The maximum Gasteiger partial charge on any atom is 0.224 e. The molecule has 0 aliphatic rings. The van der Waals surface area contributed by atoms with Gasteiger partial charge in [0.15, 0.2) is 0 Å². The van der Waals surface area contributed by atoms with Gasteiger partial charge in [0.1, 0.15) is 0 Å². The van der Waals surface area contributed by atoms with Crippen LogP contribution in [0.5, 0.6) is 0 Å². The van der Waals surface area contributed by atoms with Crippen LogP contribution < -0.4 is 5.73 Å². The number of nitrogens with zero attached hydrogens (tertiary/aromatic N) is 1. The summed E-state index contributed by atoms with van der Waals surface area (Å²) in [5.41, 5.74) is 5.43. The summed E-state index contributed by atoms with van der Waals surface area (Å²) in [7, 11) is 1.63. The van der Waals surface area contributed by atoms with E-state index in [0.717, 1.165) is 6.42 Å². The highest BCUT2D eigenvalue weighted by molar-refractivity contribution is 5.76. The third kappa shape index (κ3) is 7.62. The summed E-state index contributed by atoms with van der Waals surface area (Å²) in [6.07, 6.45) is 1.26. The average molecular weight is 232 g/mol. The average Bonchev–Trinajstić information content (AvgIpc) is 2.29. The predicted octanol–water partition coefficient (Wildman–Crippen LogP) is 0.237. The molecule has 5 nitrogen and oxygen atoms in total. The quantitative estimate of drug-likeness (QED) is 0.548. The molecule has 0 heterocycles. The highest BCUT2D eigenvalue weighted by Crippen LogP contribution is 1.97. The number of carbonyl (C=O) groups is 1. The van der Waals surface area contributed by atoms with E-state index in [-0.39, 0.29) is 5.91 Å². The highest BCUT2D eigenvalue weighted by Gasteiger charge is 2.11. The van der Waals surface area contributed by atoms with Gasteiger partial charge >= 0.3 is 0 Å². The van der Waals surface area contributed by atoms with Crippen LogP contribution in [0.15, 0.2) is 0 Å². The lowest BCUT2D eigenvalue weighted by Crippen LogP contribution is -2.36. The van der Waals surface area contributed by atoms with E-state index in [1.54, 1.807) is 12.0 Å². The molecule has 0 fully saturated rings. The summed E-state index contributed by atoms with van der Waals surface area (Å²) in [6.45, 7) is 5.54. The van der Waals surface area contributed by atoms with Crippen molar-refractivity contribution >= 4 is 5.91 Å². The van der Waals surface area contributed by atoms with Crippen molar-refractivity contribution in [1.29, 1.82) is 0 Å². The van der Waals surface area contributed by atoms with E-state index in [0.29, 0.717) is 45.9 Å². The fourth-order valence-electron chi connectivity index (χ4n) is 1.31. The number of methoxy groups -OCH3 is 1. The van der Waals surface area contributed by atoms with Crippen molar-refractivity contribution < 1.29 is 14.3 Å². The molecule has 96 valence electrons. The summed E-state index contributed by atoms with van der Waals surface area (Å²) in [4.78, 5) is 13.6. The van der Waals surface area contributed by atoms with Gasteiger partial charge in [-0.15, -0.1) is 0 Å². The zero-order valence-electron chi connectivity index (χ0n) is 10.4. The lowest BCUT2D eigenvalue weighted by Gasteiger charge is -2.22. The first-order chi connectivity index (χ1) is 7.76. The Balaban J connectivity index is 3.88. The monoisotopic (exact) mass is 232 g/mol. The first-order valence-corrected chi connectivity index (χ1v) is 5.80. The van der Waals surface area contributed by atoms with Crippen LogP contribution in [0.3, 0.4) is 0 Å². The molecule has 0 aromatic carbocycles. The van der Waals surface area contributed by atoms with Crippen LogP contribution in [0.2, 0.25) is 0 Å². The van der Waals surface area contributed by atoms with Crippen molar-refractivity contribution in [3.8, 4) is 0 Å². The highest BCUT2D eigenvalue weighted by atomic mass is 16.5. The first kappa shape index (κ1) is 15.3. The number of ether oxygens (including phenoxy) is 2. The number of amides is 1. The number of nitrogens with two attached hydrogens (primary N) is 1. The standard InChI is InChI=1S/C11H24N2O3/c1-3-16-9-5-11(14)13(7-4-6-12)8-10-15-2/h3-10,12H2,1-2H3. The molecule has 0 spiro atoms. The molecule has 2 N–H and O–H groups in total. The Morgan fingerprint density at radius 2 is 2.06 bits per heavy atom. The smallest absolute Gasteiger partial charge is 0.224 e. The zero-order chi connectivity index (χ0) is 12.2. The van der Waals surface area contributed by atoms with Crippen LogP contribution >= 0.6 is 0 Å². The van der Waals surface area contributed by atoms with Gasteiger partial charge in [0, 0.05) is 26.8 Å². The van der Waals surface area contributed by atoms with Gasteiger partial charge in [0.25, 0.3) is 0 Å². The van der Waals surface area contributed by atoms with Gasteiger partial charge in [-0.25, -0.2) is 0 Å². The molecule has 0 unspecified atom stereocenters. The largest absolute Gasteiger partial charge is 0.383 e. The van der Waals surface area contributed by atoms with Gasteiger partial charge in [-0.2, -0.15) is 0 Å². The second-order valence-electron chi connectivity index (χ2n) is 3.46. The molecule has 1 amide bonds. The third-order valence-electron chi connectivity index (χ3n) is 2.21. The second-order valence-corrected chi connectivity index (χ2v) is 3.46. The SMILES string of the molecule is CCOCCC(=O)N(CCCN)CCOC. The number of hydrogen-bond donors (Lipinski definition) is 1. The van der Waals surface area contributed by atoms with E-state index in [4.69, 9.17) is 15.2 Å².